The first-order valence-corrected chi connectivity index (χ1v) is 6.26. The Kier molecular flexibility index (Phi) is 3.06. The van der Waals surface area contributed by atoms with Crippen LogP contribution in [0.4, 0.5) is 0 Å². The molecule has 1 aliphatic rings. The first-order valence-electron chi connectivity index (χ1n) is 6.26. The van der Waals surface area contributed by atoms with Gasteiger partial charge in [0.05, 0.1) is 6.20 Å². The molecule has 1 aromatic heterocycles. The van der Waals surface area contributed by atoms with Crippen molar-refractivity contribution in [3.63, 3.8) is 0 Å². The Morgan fingerprint density at radius 3 is 2.88 bits per heavy atom. The lowest BCUT2D eigenvalue weighted by molar-refractivity contribution is 0.161. The number of aryl methyl sites for hydroxylation is 1. The van der Waals surface area contributed by atoms with Crippen molar-refractivity contribution < 1.29 is 0 Å². The van der Waals surface area contributed by atoms with Gasteiger partial charge in [-0.3, -0.25) is 4.68 Å². The zero-order chi connectivity index (χ0) is 11.8. The fourth-order valence-corrected chi connectivity index (χ4v) is 2.96. The van der Waals surface area contributed by atoms with E-state index < -0.39 is 0 Å². The van der Waals surface area contributed by atoms with Crippen LogP contribution in [0.2, 0.25) is 0 Å². The molecule has 1 heterocycles. The first kappa shape index (κ1) is 11.6. The summed E-state index contributed by atoms with van der Waals surface area (Å²) < 4.78 is 1.86. The summed E-state index contributed by atoms with van der Waals surface area (Å²) in [6.45, 7) is 4.61. The highest BCUT2D eigenvalue weighted by Gasteiger charge is 2.37. The number of hydrogen-bond acceptors (Lipinski definition) is 2. The number of nitrogens with zero attached hydrogens (tertiary/aromatic N) is 2. The number of nitrogens with two attached hydrogens (primary N) is 1. The predicted octanol–water partition coefficient (Wildman–Crippen LogP) is 2.12. The van der Waals surface area contributed by atoms with E-state index in [2.05, 4.69) is 25.1 Å². The van der Waals surface area contributed by atoms with E-state index in [4.69, 9.17) is 5.73 Å². The second-order valence-electron chi connectivity index (χ2n) is 5.72. The summed E-state index contributed by atoms with van der Waals surface area (Å²) in [6, 6.07) is 0. The lowest BCUT2D eigenvalue weighted by Gasteiger charge is -2.42. The molecule has 90 valence electrons. The van der Waals surface area contributed by atoms with Crippen molar-refractivity contribution in [2.24, 2.45) is 24.6 Å². The Morgan fingerprint density at radius 1 is 1.50 bits per heavy atom. The van der Waals surface area contributed by atoms with Gasteiger partial charge in [0, 0.05) is 18.8 Å². The minimum Gasteiger partial charge on any atom is -0.325 e. The Hall–Kier alpha value is -0.830. The molecular formula is C13H23N3. The maximum Gasteiger partial charge on any atom is 0.0522 e. The number of rotatable bonds is 2. The third-order valence-corrected chi connectivity index (χ3v) is 4.09. The van der Waals surface area contributed by atoms with Crippen LogP contribution in [0.5, 0.6) is 0 Å². The Bertz CT molecular complexity index is 358. The van der Waals surface area contributed by atoms with Crippen LogP contribution in [0.1, 0.15) is 38.7 Å². The topological polar surface area (TPSA) is 43.8 Å². The molecule has 3 unspecified atom stereocenters. The highest BCUT2D eigenvalue weighted by Crippen LogP contribution is 2.37. The van der Waals surface area contributed by atoms with Crippen LogP contribution in [-0.4, -0.2) is 15.3 Å². The van der Waals surface area contributed by atoms with Gasteiger partial charge in [-0.2, -0.15) is 5.10 Å². The molecule has 3 heteroatoms. The number of hydrogen-bond donors (Lipinski definition) is 1. The van der Waals surface area contributed by atoms with Crippen molar-refractivity contribution in [3.05, 3.63) is 18.0 Å². The van der Waals surface area contributed by atoms with Gasteiger partial charge in [0.25, 0.3) is 0 Å². The Balaban J connectivity index is 2.11. The van der Waals surface area contributed by atoms with Crippen molar-refractivity contribution in [2.75, 3.05) is 0 Å². The zero-order valence-electron chi connectivity index (χ0n) is 10.6. The van der Waals surface area contributed by atoms with E-state index in [9.17, 15) is 0 Å². The average molecular weight is 221 g/mol. The van der Waals surface area contributed by atoms with E-state index in [1.807, 2.05) is 17.9 Å². The van der Waals surface area contributed by atoms with Gasteiger partial charge >= 0.3 is 0 Å². The molecule has 1 fully saturated rings. The summed E-state index contributed by atoms with van der Waals surface area (Å²) in [5.74, 6) is 1.38. The molecule has 1 aromatic rings. The average Bonchev–Trinajstić information content (AvgIpc) is 2.58. The molecule has 0 spiro atoms. The molecule has 3 atom stereocenters. The van der Waals surface area contributed by atoms with Gasteiger partial charge in [0.2, 0.25) is 0 Å². The van der Waals surface area contributed by atoms with Crippen LogP contribution >= 0.6 is 0 Å². The van der Waals surface area contributed by atoms with E-state index >= 15 is 0 Å². The van der Waals surface area contributed by atoms with Gasteiger partial charge in [-0.1, -0.05) is 20.3 Å². The van der Waals surface area contributed by atoms with Crippen molar-refractivity contribution in [3.8, 4) is 0 Å². The van der Waals surface area contributed by atoms with Crippen molar-refractivity contribution >= 4 is 0 Å². The minimum absolute atomic E-state index is 0.0271. The van der Waals surface area contributed by atoms with Crippen LogP contribution in [-0.2, 0) is 13.5 Å². The minimum atomic E-state index is -0.0271. The second-order valence-corrected chi connectivity index (χ2v) is 5.72. The summed E-state index contributed by atoms with van der Waals surface area (Å²) in [7, 11) is 1.96. The molecule has 2 N–H and O–H groups in total. The maximum absolute atomic E-state index is 6.60. The van der Waals surface area contributed by atoms with Crippen molar-refractivity contribution in [2.45, 2.75) is 45.1 Å². The van der Waals surface area contributed by atoms with Crippen molar-refractivity contribution in [1.29, 1.82) is 0 Å². The van der Waals surface area contributed by atoms with E-state index in [-0.39, 0.29) is 5.54 Å². The standard InChI is InChI=1S/C13H23N3/c1-10-4-5-11(2)13(14,6-10)7-12-8-15-16(3)9-12/h8-11H,4-7,14H2,1-3H3. The number of aromatic nitrogens is 2. The summed E-state index contributed by atoms with van der Waals surface area (Å²) in [4.78, 5) is 0. The summed E-state index contributed by atoms with van der Waals surface area (Å²) in [5.41, 5.74) is 7.84. The Labute approximate surface area is 98.0 Å². The lowest BCUT2D eigenvalue weighted by Crippen LogP contribution is -2.51. The smallest absolute Gasteiger partial charge is 0.0522 e. The third kappa shape index (κ3) is 2.29. The third-order valence-electron chi connectivity index (χ3n) is 4.09. The van der Waals surface area contributed by atoms with Gasteiger partial charge in [0.1, 0.15) is 0 Å². The van der Waals surface area contributed by atoms with E-state index in [0.29, 0.717) is 5.92 Å². The Morgan fingerprint density at radius 2 is 2.25 bits per heavy atom. The molecule has 16 heavy (non-hydrogen) atoms. The molecule has 0 bridgehead atoms. The van der Waals surface area contributed by atoms with E-state index in [1.54, 1.807) is 0 Å². The van der Waals surface area contributed by atoms with Gasteiger partial charge < -0.3 is 5.73 Å². The van der Waals surface area contributed by atoms with Crippen LogP contribution in [0.15, 0.2) is 12.4 Å². The largest absolute Gasteiger partial charge is 0.325 e. The summed E-state index contributed by atoms with van der Waals surface area (Å²) in [5, 5.41) is 4.22. The zero-order valence-corrected chi connectivity index (χ0v) is 10.6. The second kappa shape index (κ2) is 4.21. The fourth-order valence-electron chi connectivity index (χ4n) is 2.96. The van der Waals surface area contributed by atoms with Crippen LogP contribution in [0, 0.1) is 11.8 Å². The van der Waals surface area contributed by atoms with Gasteiger partial charge in [-0.25, -0.2) is 0 Å². The molecule has 0 radical (unpaired) electrons. The van der Waals surface area contributed by atoms with Gasteiger partial charge in [-0.15, -0.1) is 0 Å². The quantitative estimate of drug-likeness (QED) is 0.831. The highest BCUT2D eigenvalue weighted by atomic mass is 15.2. The van der Waals surface area contributed by atoms with E-state index in [1.165, 1.54) is 18.4 Å². The predicted molar refractivity (Wildman–Crippen MR) is 66.0 cm³/mol. The molecule has 3 nitrogen and oxygen atoms in total. The molecule has 0 aromatic carbocycles. The summed E-state index contributed by atoms with van der Waals surface area (Å²) >= 11 is 0. The van der Waals surface area contributed by atoms with Gasteiger partial charge in [-0.05, 0) is 36.7 Å². The molecule has 1 aliphatic carbocycles. The van der Waals surface area contributed by atoms with E-state index in [0.717, 1.165) is 18.8 Å². The van der Waals surface area contributed by atoms with Crippen LogP contribution < -0.4 is 5.73 Å². The maximum atomic E-state index is 6.60. The van der Waals surface area contributed by atoms with Crippen LogP contribution in [0.3, 0.4) is 0 Å². The first-order chi connectivity index (χ1) is 7.49. The molecule has 1 saturated carbocycles. The van der Waals surface area contributed by atoms with Crippen LogP contribution in [0.25, 0.3) is 0 Å². The summed E-state index contributed by atoms with van der Waals surface area (Å²) in [6.07, 6.45) is 8.72. The highest BCUT2D eigenvalue weighted by molar-refractivity contribution is 5.11. The molecule has 2 rings (SSSR count). The normalized spacial score (nSPS) is 35.2. The lowest BCUT2D eigenvalue weighted by atomic mass is 9.68. The van der Waals surface area contributed by atoms with Crippen molar-refractivity contribution in [1.82, 2.24) is 9.78 Å². The molecule has 0 amide bonds. The fraction of sp³-hybridized carbons (Fsp3) is 0.769. The SMILES string of the molecule is CC1CCC(C)C(N)(Cc2cnn(C)c2)C1. The monoisotopic (exact) mass is 221 g/mol. The molecule has 0 saturated heterocycles. The molecular weight excluding hydrogens is 198 g/mol. The van der Waals surface area contributed by atoms with Gasteiger partial charge in [0.15, 0.2) is 0 Å². The molecule has 0 aliphatic heterocycles.